The lowest BCUT2D eigenvalue weighted by Crippen LogP contribution is -2.23. The van der Waals surface area contributed by atoms with Crippen LogP contribution in [0.4, 0.5) is 0 Å². The fraction of sp³-hybridized carbons (Fsp3) is 1.00. The first-order valence-corrected chi connectivity index (χ1v) is 9.47. The molecule has 0 unspecified atom stereocenters. The third-order valence-corrected chi connectivity index (χ3v) is 6.98. The third kappa shape index (κ3) is 4.10. The van der Waals surface area contributed by atoms with Gasteiger partial charge in [0.1, 0.15) is 0 Å². The van der Waals surface area contributed by atoms with Gasteiger partial charge in [-0.25, -0.2) is 0 Å². The van der Waals surface area contributed by atoms with Crippen molar-refractivity contribution in [1.29, 1.82) is 0 Å². The van der Waals surface area contributed by atoms with Crippen LogP contribution in [0.15, 0.2) is 0 Å². The van der Waals surface area contributed by atoms with Gasteiger partial charge in [-0.05, 0) is 17.4 Å². The fourth-order valence-electron chi connectivity index (χ4n) is 4.16. The van der Waals surface area contributed by atoms with Crippen LogP contribution in [0, 0.1) is 11.8 Å². The second kappa shape index (κ2) is 7.58. The summed E-state index contributed by atoms with van der Waals surface area (Å²) in [6.07, 6.45) is 17.2. The van der Waals surface area contributed by atoms with Crippen LogP contribution in [0.1, 0.15) is 77.0 Å². The van der Waals surface area contributed by atoms with Gasteiger partial charge in [0.05, 0.1) is 0 Å². The smallest absolute Gasteiger partial charge is 0.160 e. The number of hydrogen-bond donors (Lipinski definition) is 1. The molecule has 0 saturated heterocycles. The Bertz CT molecular complexity index is 171. The summed E-state index contributed by atoms with van der Waals surface area (Å²) >= 11 is 0. The average Bonchev–Trinajstić information content (AvgIpc) is 2.75. The van der Waals surface area contributed by atoms with Gasteiger partial charge in [0, 0.05) is 0 Å². The highest BCUT2D eigenvalue weighted by Gasteiger charge is 2.29. The minimum absolute atomic E-state index is 0.770. The number of rotatable bonds is 3. The highest BCUT2D eigenvalue weighted by Crippen LogP contribution is 2.41. The van der Waals surface area contributed by atoms with Crippen molar-refractivity contribution in [2.45, 2.75) is 82.6 Å². The summed E-state index contributed by atoms with van der Waals surface area (Å²) in [6.45, 7) is 0. The van der Waals surface area contributed by atoms with E-state index in [1.807, 2.05) is 0 Å². The summed E-state index contributed by atoms with van der Waals surface area (Å²) in [4.78, 5) is 9.95. The SMILES string of the molecule is O[SiH2]C(C1CCCCCC1)C1CCCCCC1. The standard InChI is InChI=1S/C15H30OSi/c16-17-15(13-9-5-1-2-6-10-13)14-11-7-3-4-8-12-14/h13-16H,1-12,17H2. The molecule has 2 aliphatic rings. The minimum atomic E-state index is -0.793. The monoisotopic (exact) mass is 254 g/mol. The Labute approximate surface area is 109 Å². The molecule has 0 aromatic carbocycles. The zero-order valence-electron chi connectivity index (χ0n) is 11.4. The zero-order valence-corrected chi connectivity index (χ0v) is 12.8. The van der Waals surface area contributed by atoms with Gasteiger partial charge in [0.15, 0.2) is 9.76 Å². The van der Waals surface area contributed by atoms with Crippen molar-refractivity contribution >= 4 is 9.76 Å². The second-order valence-electron chi connectivity index (χ2n) is 6.35. The molecule has 1 nitrogen and oxygen atoms in total. The van der Waals surface area contributed by atoms with Gasteiger partial charge in [-0.3, -0.25) is 0 Å². The van der Waals surface area contributed by atoms with Crippen LogP contribution < -0.4 is 0 Å². The van der Waals surface area contributed by atoms with Gasteiger partial charge in [0.25, 0.3) is 0 Å². The maximum absolute atomic E-state index is 9.95. The maximum Gasteiger partial charge on any atom is 0.160 e. The van der Waals surface area contributed by atoms with E-state index in [4.69, 9.17) is 0 Å². The lowest BCUT2D eigenvalue weighted by molar-refractivity contribution is 0.298. The van der Waals surface area contributed by atoms with Crippen molar-refractivity contribution in [3.05, 3.63) is 0 Å². The average molecular weight is 254 g/mol. The quantitative estimate of drug-likeness (QED) is 0.600. The molecule has 2 saturated carbocycles. The van der Waals surface area contributed by atoms with E-state index in [1.54, 1.807) is 0 Å². The van der Waals surface area contributed by atoms with Gasteiger partial charge in [-0.1, -0.05) is 77.0 Å². The Balaban J connectivity index is 1.92. The van der Waals surface area contributed by atoms with E-state index in [1.165, 1.54) is 77.0 Å². The maximum atomic E-state index is 9.95. The molecule has 0 aromatic rings. The topological polar surface area (TPSA) is 20.2 Å². The van der Waals surface area contributed by atoms with Crippen LogP contribution in [-0.4, -0.2) is 14.6 Å². The molecule has 0 amide bonds. The van der Waals surface area contributed by atoms with Gasteiger partial charge in [0.2, 0.25) is 0 Å². The molecule has 0 heterocycles. The first-order valence-electron chi connectivity index (χ1n) is 8.02. The Morgan fingerprint density at radius 2 is 1.00 bits per heavy atom. The highest BCUT2D eigenvalue weighted by atomic mass is 28.2. The lowest BCUT2D eigenvalue weighted by atomic mass is 9.84. The molecule has 0 aliphatic heterocycles. The molecule has 2 fully saturated rings. The Hall–Kier alpha value is 0.177. The zero-order chi connectivity index (χ0) is 11.9. The van der Waals surface area contributed by atoms with E-state index < -0.39 is 9.76 Å². The van der Waals surface area contributed by atoms with E-state index in [0.717, 1.165) is 17.4 Å². The van der Waals surface area contributed by atoms with Gasteiger partial charge >= 0.3 is 0 Å². The molecule has 0 bridgehead atoms. The normalized spacial score (nSPS) is 26.5. The Morgan fingerprint density at radius 1 is 0.647 bits per heavy atom. The van der Waals surface area contributed by atoms with Crippen LogP contribution in [0.2, 0.25) is 5.54 Å². The number of hydrogen-bond acceptors (Lipinski definition) is 1. The molecule has 0 radical (unpaired) electrons. The molecule has 2 aliphatic carbocycles. The van der Waals surface area contributed by atoms with Crippen molar-refractivity contribution in [3.8, 4) is 0 Å². The molecule has 0 aromatic heterocycles. The first-order chi connectivity index (χ1) is 8.42. The summed E-state index contributed by atoms with van der Waals surface area (Å²) in [6, 6.07) is 0. The van der Waals surface area contributed by atoms with Crippen LogP contribution >= 0.6 is 0 Å². The van der Waals surface area contributed by atoms with E-state index in [9.17, 15) is 4.80 Å². The Kier molecular flexibility index (Phi) is 6.06. The molecule has 0 atom stereocenters. The summed E-state index contributed by atoms with van der Waals surface area (Å²) in [5.74, 6) is 1.80. The van der Waals surface area contributed by atoms with Crippen molar-refractivity contribution < 1.29 is 4.80 Å². The molecular weight excluding hydrogens is 224 g/mol. The van der Waals surface area contributed by atoms with E-state index >= 15 is 0 Å². The second-order valence-corrected chi connectivity index (χ2v) is 7.66. The van der Waals surface area contributed by atoms with Gasteiger partial charge in [-0.2, -0.15) is 0 Å². The minimum Gasteiger partial charge on any atom is -0.438 e. The summed E-state index contributed by atoms with van der Waals surface area (Å²) in [5.41, 5.74) is 0.770. The van der Waals surface area contributed by atoms with Crippen LogP contribution in [0.25, 0.3) is 0 Å². The molecular formula is C15H30OSi. The van der Waals surface area contributed by atoms with Crippen molar-refractivity contribution in [1.82, 2.24) is 0 Å². The lowest BCUT2D eigenvalue weighted by Gasteiger charge is -2.31. The van der Waals surface area contributed by atoms with Crippen molar-refractivity contribution in [3.63, 3.8) is 0 Å². The summed E-state index contributed by atoms with van der Waals surface area (Å²) < 4.78 is 0. The van der Waals surface area contributed by atoms with E-state index in [-0.39, 0.29) is 0 Å². The first kappa shape index (κ1) is 13.6. The summed E-state index contributed by atoms with van der Waals surface area (Å²) in [5, 5.41) is 0. The molecule has 17 heavy (non-hydrogen) atoms. The fourth-order valence-corrected chi connectivity index (χ4v) is 5.70. The predicted molar refractivity (Wildman–Crippen MR) is 76.9 cm³/mol. The van der Waals surface area contributed by atoms with Crippen LogP contribution in [-0.2, 0) is 0 Å². The van der Waals surface area contributed by atoms with Crippen molar-refractivity contribution in [2.24, 2.45) is 11.8 Å². The van der Waals surface area contributed by atoms with E-state index in [0.29, 0.717) is 0 Å². The molecule has 2 heteroatoms. The largest absolute Gasteiger partial charge is 0.438 e. The molecule has 0 spiro atoms. The molecule has 2 rings (SSSR count). The van der Waals surface area contributed by atoms with Crippen LogP contribution in [0.5, 0.6) is 0 Å². The Morgan fingerprint density at radius 3 is 1.29 bits per heavy atom. The van der Waals surface area contributed by atoms with Crippen molar-refractivity contribution in [2.75, 3.05) is 0 Å². The van der Waals surface area contributed by atoms with Gasteiger partial charge in [-0.15, -0.1) is 0 Å². The molecule has 1 N–H and O–H groups in total. The highest BCUT2D eigenvalue weighted by molar-refractivity contribution is 6.28. The predicted octanol–water partition coefficient (Wildman–Crippen LogP) is 3.79. The summed E-state index contributed by atoms with van der Waals surface area (Å²) in [7, 11) is -0.793. The van der Waals surface area contributed by atoms with Crippen LogP contribution in [0.3, 0.4) is 0 Å². The third-order valence-electron chi connectivity index (χ3n) is 5.22. The van der Waals surface area contributed by atoms with E-state index in [2.05, 4.69) is 0 Å². The van der Waals surface area contributed by atoms with Gasteiger partial charge < -0.3 is 4.80 Å². The molecule has 100 valence electrons.